The van der Waals surface area contributed by atoms with Crippen molar-refractivity contribution < 1.29 is 22.0 Å². The highest BCUT2D eigenvalue weighted by atomic mass is 32.2. The molecule has 164 valence electrons. The Hall–Kier alpha value is -3.54. The van der Waals surface area contributed by atoms with Crippen LogP contribution in [0.5, 0.6) is 0 Å². The summed E-state index contributed by atoms with van der Waals surface area (Å²) in [5, 5.41) is 6.40. The van der Waals surface area contributed by atoms with Crippen LogP contribution >= 0.6 is 0 Å². The van der Waals surface area contributed by atoms with E-state index in [2.05, 4.69) is 15.4 Å². The molecule has 3 rings (SSSR count). The Morgan fingerprint density at radius 1 is 1.26 bits per heavy atom. The van der Waals surface area contributed by atoms with Crippen molar-refractivity contribution in [1.82, 2.24) is 14.8 Å². The number of sulfonamides is 1. The molecule has 0 fully saturated rings. The van der Waals surface area contributed by atoms with Crippen LogP contribution in [-0.4, -0.2) is 34.8 Å². The van der Waals surface area contributed by atoms with Crippen molar-refractivity contribution >= 4 is 33.1 Å². The zero-order chi connectivity index (χ0) is 22.8. The molecular formula is C19H20F2N6O3S. The lowest BCUT2D eigenvalue weighted by Gasteiger charge is -2.13. The highest BCUT2D eigenvalue weighted by Gasteiger charge is 2.23. The molecule has 0 aliphatic rings. The Morgan fingerprint density at radius 2 is 2.00 bits per heavy atom. The van der Waals surface area contributed by atoms with E-state index < -0.39 is 38.8 Å². The van der Waals surface area contributed by atoms with Crippen molar-refractivity contribution in [3.63, 3.8) is 0 Å². The van der Waals surface area contributed by atoms with Crippen molar-refractivity contribution in [2.24, 2.45) is 7.05 Å². The molecule has 0 saturated heterocycles. The third-order valence-electron chi connectivity index (χ3n) is 4.25. The lowest BCUT2D eigenvalue weighted by molar-refractivity contribution is 0.101. The summed E-state index contributed by atoms with van der Waals surface area (Å²) >= 11 is 0. The van der Waals surface area contributed by atoms with Crippen LogP contribution in [0.15, 0.2) is 36.8 Å². The monoisotopic (exact) mass is 450 g/mol. The third kappa shape index (κ3) is 4.97. The summed E-state index contributed by atoms with van der Waals surface area (Å²) in [6, 6.07) is 3.21. The second kappa shape index (κ2) is 8.68. The van der Waals surface area contributed by atoms with E-state index in [1.807, 2.05) is 4.72 Å². The third-order valence-corrected chi connectivity index (χ3v) is 5.73. The fraction of sp³-hybridized carbons (Fsp3) is 0.211. The Bertz CT molecular complexity index is 1240. The van der Waals surface area contributed by atoms with Gasteiger partial charge in [-0.15, -0.1) is 0 Å². The van der Waals surface area contributed by atoms with Gasteiger partial charge in [0.15, 0.2) is 5.82 Å². The number of aromatic nitrogens is 3. The first kappa shape index (κ1) is 22.2. The number of nitrogens with one attached hydrogen (secondary N) is 2. The van der Waals surface area contributed by atoms with Crippen LogP contribution in [0.2, 0.25) is 0 Å². The minimum Gasteiger partial charge on any atom is -0.383 e. The molecule has 0 spiro atoms. The summed E-state index contributed by atoms with van der Waals surface area (Å²) in [5.74, 6) is -3.66. The number of nitrogens with two attached hydrogens (primary N) is 1. The summed E-state index contributed by atoms with van der Waals surface area (Å²) in [7, 11) is -2.12. The first-order valence-electron chi connectivity index (χ1n) is 9.15. The summed E-state index contributed by atoms with van der Waals surface area (Å²) in [6.07, 6.45) is 4.76. The Kier molecular flexibility index (Phi) is 6.20. The number of benzene rings is 1. The molecule has 31 heavy (non-hydrogen) atoms. The van der Waals surface area contributed by atoms with Crippen molar-refractivity contribution in [1.29, 1.82) is 0 Å². The molecule has 3 aromatic rings. The maximum absolute atomic E-state index is 14.8. The predicted octanol–water partition coefficient (Wildman–Crippen LogP) is 2.75. The Morgan fingerprint density at radius 3 is 2.65 bits per heavy atom. The van der Waals surface area contributed by atoms with E-state index in [1.165, 1.54) is 12.3 Å². The minimum absolute atomic E-state index is 0.133. The van der Waals surface area contributed by atoms with Gasteiger partial charge in [0, 0.05) is 24.4 Å². The summed E-state index contributed by atoms with van der Waals surface area (Å²) in [5.41, 5.74) is 5.65. The number of halogens is 2. The maximum atomic E-state index is 14.8. The number of hydrogen-bond donors (Lipinski definition) is 3. The normalized spacial score (nSPS) is 11.4. The molecule has 1 aromatic carbocycles. The average Bonchev–Trinajstić information content (AvgIpc) is 3.12. The van der Waals surface area contributed by atoms with Gasteiger partial charge in [-0.1, -0.05) is 6.92 Å². The number of anilines is 3. The molecule has 0 atom stereocenters. The van der Waals surface area contributed by atoms with E-state index in [0.29, 0.717) is 17.5 Å². The standard InChI is InChI=1S/C19H20F2N6O3S/c1-3-6-31(29,30)26-15-5-4-14(20)16(17(15)21)19(28)25-12-7-13(18(22)23-9-12)11-8-24-27(2)10-11/h4-5,7-10,26H,3,6H2,1-2H3,(H2,22,23)(H,25,28). The van der Waals surface area contributed by atoms with E-state index in [0.717, 1.165) is 12.1 Å². The van der Waals surface area contributed by atoms with Crippen molar-refractivity contribution in [2.75, 3.05) is 21.5 Å². The molecule has 0 bridgehead atoms. The number of amides is 1. The quantitative estimate of drug-likeness (QED) is 0.507. The molecule has 0 aliphatic carbocycles. The van der Waals surface area contributed by atoms with Gasteiger partial charge in [0.2, 0.25) is 10.0 Å². The van der Waals surface area contributed by atoms with Gasteiger partial charge in [-0.05, 0) is 24.6 Å². The highest BCUT2D eigenvalue weighted by Crippen LogP contribution is 2.28. The molecule has 0 unspecified atom stereocenters. The van der Waals surface area contributed by atoms with Gasteiger partial charge in [-0.3, -0.25) is 14.2 Å². The molecule has 0 radical (unpaired) electrons. The first-order chi connectivity index (χ1) is 14.6. The summed E-state index contributed by atoms with van der Waals surface area (Å²) < 4.78 is 56.5. The Balaban J connectivity index is 1.91. The fourth-order valence-electron chi connectivity index (χ4n) is 2.86. The molecule has 9 nitrogen and oxygen atoms in total. The molecule has 4 N–H and O–H groups in total. The average molecular weight is 450 g/mol. The lowest BCUT2D eigenvalue weighted by atomic mass is 10.1. The van der Waals surface area contributed by atoms with Gasteiger partial charge in [0.1, 0.15) is 17.2 Å². The van der Waals surface area contributed by atoms with Gasteiger partial charge < -0.3 is 11.1 Å². The van der Waals surface area contributed by atoms with Crippen LogP contribution in [0.4, 0.5) is 26.0 Å². The SMILES string of the molecule is CCCS(=O)(=O)Nc1ccc(F)c(C(=O)Nc2cnc(N)c(-c3cnn(C)c3)c2)c1F. The minimum atomic E-state index is -3.84. The second-order valence-corrected chi connectivity index (χ2v) is 8.56. The smallest absolute Gasteiger partial charge is 0.261 e. The van der Waals surface area contributed by atoms with E-state index in [4.69, 9.17) is 5.73 Å². The Labute approximate surface area is 177 Å². The molecule has 12 heteroatoms. The van der Waals surface area contributed by atoms with Crippen molar-refractivity contribution in [2.45, 2.75) is 13.3 Å². The second-order valence-electron chi connectivity index (χ2n) is 6.72. The van der Waals surface area contributed by atoms with Crippen molar-refractivity contribution in [3.8, 4) is 11.1 Å². The van der Waals surface area contributed by atoms with Crippen LogP contribution in [0.3, 0.4) is 0 Å². The molecule has 2 aromatic heterocycles. The summed E-state index contributed by atoms with van der Waals surface area (Å²) in [6.45, 7) is 1.64. The number of carbonyl (C=O) groups is 1. The number of hydrogen-bond acceptors (Lipinski definition) is 6. The van der Waals surface area contributed by atoms with E-state index in [1.54, 1.807) is 31.0 Å². The number of aryl methyl sites for hydroxylation is 1. The van der Waals surface area contributed by atoms with Gasteiger partial charge in [0.25, 0.3) is 5.91 Å². The summed E-state index contributed by atoms with van der Waals surface area (Å²) in [4.78, 5) is 16.6. The number of nitrogens with zero attached hydrogens (tertiary/aromatic N) is 3. The van der Waals surface area contributed by atoms with Crippen LogP contribution in [0.25, 0.3) is 11.1 Å². The van der Waals surface area contributed by atoms with Gasteiger partial charge in [0.05, 0.1) is 29.5 Å². The predicted molar refractivity (Wildman–Crippen MR) is 113 cm³/mol. The number of rotatable bonds is 7. The molecule has 0 saturated carbocycles. The van der Waals surface area contributed by atoms with Gasteiger partial charge >= 0.3 is 0 Å². The largest absolute Gasteiger partial charge is 0.383 e. The van der Waals surface area contributed by atoms with Gasteiger partial charge in [-0.2, -0.15) is 5.10 Å². The van der Waals surface area contributed by atoms with Crippen LogP contribution in [-0.2, 0) is 17.1 Å². The van der Waals surface area contributed by atoms with E-state index >= 15 is 0 Å². The topological polar surface area (TPSA) is 132 Å². The highest BCUT2D eigenvalue weighted by molar-refractivity contribution is 7.92. The zero-order valence-electron chi connectivity index (χ0n) is 16.7. The molecule has 1 amide bonds. The van der Waals surface area contributed by atoms with Crippen molar-refractivity contribution in [3.05, 3.63) is 54.0 Å². The maximum Gasteiger partial charge on any atom is 0.261 e. The van der Waals surface area contributed by atoms with Crippen LogP contribution in [0, 0.1) is 11.6 Å². The number of carbonyl (C=O) groups excluding carboxylic acids is 1. The van der Waals surface area contributed by atoms with Crippen LogP contribution < -0.4 is 15.8 Å². The molecule has 0 aliphatic heterocycles. The number of nitrogen functional groups attached to an aromatic ring is 1. The molecule has 2 heterocycles. The number of pyridine rings is 1. The van der Waals surface area contributed by atoms with E-state index in [9.17, 15) is 22.0 Å². The van der Waals surface area contributed by atoms with Gasteiger partial charge in [-0.25, -0.2) is 22.2 Å². The lowest BCUT2D eigenvalue weighted by Crippen LogP contribution is -2.20. The van der Waals surface area contributed by atoms with Crippen LogP contribution in [0.1, 0.15) is 23.7 Å². The first-order valence-corrected chi connectivity index (χ1v) is 10.8. The van der Waals surface area contributed by atoms with E-state index in [-0.39, 0.29) is 17.3 Å². The molecular weight excluding hydrogens is 430 g/mol. The fourth-order valence-corrected chi connectivity index (χ4v) is 3.99. The zero-order valence-corrected chi connectivity index (χ0v) is 17.5.